The summed E-state index contributed by atoms with van der Waals surface area (Å²) in [5, 5.41) is 0. The average molecular weight is 319 g/mol. The van der Waals surface area contributed by atoms with Gasteiger partial charge in [0, 0.05) is 5.56 Å². The third kappa shape index (κ3) is 4.65. The summed E-state index contributed by atoms with van der Waals surface area (Å²) in [7, 11) is -3.23. The molecule has 0 aliphatic carbocycles. The lowest BCUT2D eigenvalue weighted by atomic mass is 10.1. The zero-order chi connectivity index (χ0) is 15.5. The largest absolute Gasteiger partial charge is 0.389 e. The maximum Gasteiger partial charge on any atom is 0.158 e. The van der Waals surface area contributed by atoms with Gasteiger partial charge in [0.2, 0.25) is 0 Å². The minimum atomic E-state index is -3.23. The van der Waals surface area contributed by atoms with Gasteiger partial charge in [-0.1, -0.05) is 60.2 Å². The summed E-state index contributed by atoms with van der Waals surface area (Å²) in [5.74, 6) is 0.0158. The normalized spacial score (nSPS) is 11.3. The van der Waals surface area contributed by atoms with Crippen molar-refractivity contribution in [2.24, 2.45) is 5.73 Å². The van der Waals surface area contributed by atoms with Gasteiger partial charge in [-0.05, 0) is 24.1 Å². The maximum absolute atomic E-state index is 12.3. The predicted molar refractivity (Wildman–Crippen MR) is 89.8 cm³/mol. The van der Waals surface area contributed by atoms with E-state index in [1.165, 1.54) is 0 Å². The van der Waals surface area contributed by atoms with Crippen LogP contribution in [0.5, 0.6) is 0 Å². The second-order valence-corrected chi connectivity index (χ2v) is 7.59. The first kappa shape index (κ1) is 15.7. The first-order chi connectivity index (χ1) is 9.85. The highest BCUT2D eigenvalue weighted by molar-refractivity contribution is 7.89. The maximum atomic E-state index is 12.3. The van der Waals surface area contributed by atoms with Gasteiger partial charge in [0.25, 0.3) is 0 Å². The lowest BCUT2D eigenvalue weighted by molar-refractivity contribution is 0.594. The summed E-state index contributed by atoms with van der Waals surface area (Å²) in [6, 6.07) is 14.6. The van der Waals surface area contributed by atoms with Crippen LogP contribution >= 0.6 is 12.2 Å². The molecule has 0 atom stereocenters. The molecule has 3 nitrogen and oxygen atoms in total. The number of thiocarbonyl (C=S) groups is 1. The van der Waals surface area contributed by atoms with Crippen molar-refractivity contribution in [1.82, 2.24) is 0 Å². The van der Waals surface area contributed by atoms with E-state index >= 15 is 0 Å². The summed E-state index contributed by atoms with van der Waals surface area (Å²) in [6.45, 7) is 1.97. The SMILES string of the molecule is Cc1ccc(CS(=O)(=O)Cc2cccc(C(N)=S)c2)cc1. The van der Waals surface area contributed by atoms with Crippen molar-refractivity contribution >= 4 is 27.0 Å². The Hall–Kier alpha value is -1.72. The van der Waals surface area contributed by atoms with Crippen LogP contribution in [0.1, 0.15) is 22.3 Å². The molecule has 0 spiro atoms. The number of aryl methyl sites for hydroxylation is 1. The Morgan fingerprint density at radius 2 is 1.67 bits per heavy atom. The molecule has 0 bridgehead atoms. The first-order valence-electron chi connectivity index (χ1n) is 6.50. The fourth-order valence-corrected chi connectivity index (χ4v) is 3.67. The van der Waals surface area contributed by atoms with E-state index in [1.807, 2.05) is 31.2 Å². The lowest BCUT2D eigenvalue weighted by Crippen LogP contribution is -2.11. The molecular weight excluding hydrogens is 302 g/mol. The van der Waals surface area contributed by atoms with E-state index in [0.29, 0.717) is 11.1 Å². The highest BCUT2D eigenvalue weighted by atomic mass is 32.2. The molecule has 0 fully saturated rings. The first-order valence-corrected chi connectivity index (χ1v) is 8.73. The molecule has 0 unspecified atom stereocenters. The second kappa shape index (κ2) is 6.37. The average Bonchev–Trinajstić information content (AvgIpc) is 2.41. The summed E-state index contributed by atoms with van der Waals surface area (Å²) in [6.07, 6.45) is 0. The molecule has 5 heteroatoms. The number of hydrogen-bond donors (Lipinski definition) is 1. The number of hydrogen-bond acceptors (Lipinski definition) is 3. The van der Waals surface area contributed by atoms with E-state index in [0.717, 1.165) is 11.1 Å². The molecule has 0 heterocycles. The third-order valence-corrected chi connectivity index (χ3v) is 4.89. The number of nitrogens with two attached hydrogens (primary N) is 1. The van der Waals surface area contributed by atoms with Gasteiger partial charge in [0.15, 0.2) is 9.84 Å². The van der Waals surface area contributed by atoms with Gasteiger partial charge in [0.05, 0.1) is 11.5 Å². The van der Waals surface area contributed by atoms with Gasteiger partial charge >= 0.3 is 0 Å². The fourth-order valence-electron chi connectivity index (χ4n) is 2.06. The molecule has 0 aliphatic heterocycles. The number of rotatable bonds is 5. The van der Waals surface area contributed by atoms with Crippen molar-refractivity contribution in [3.8, 4) is 0 Å². The standard InChI is InChI=1S/C16H17NO2S2/c1-12-5-7-13(8-6-12)10-21(18,19)11-14-3-2-4-15(9-14)16(17)20/h2-9H,10-11H2,1H3,(H2,17,20). The van der Waals surface area contributed by atoms with Crippen LogP contribution < -0.4 is 5.73 Å². The monoisotopic (exact) mass is 319 g/mol. The van der Waals surface area contributed by atoms with Crippen molar-refractivity contribution in [2.45, 2.75) is 18.4 Å². The van der Waals surface area contributed by atoms with Crippen molar-refractivity contribution < 1.29 is 8.42 Å². The van der Waals surface area contributed by atoms with E-state index in [-0.39, 0.29) is 16.5 Å². The molecule has 0 radical (unpaired) electrons. The van der Waals surface area contributed by atoms with Crippen molar-refractivity contribution in [2.75, 3.05) is 0 Å². The molecule has 2 aromatic carbocycles. The molecule has 110 valence electrons. The smallest absolute Gasteiger partial charge is 0.158 e. The second-order valence-electron chi connectivity index (χ2n) is 5.08. The zero-order valence-electron chi connectivity index (χ0n) is 11.7. The van der Waals surface area contributed by atoms with Crippen LogP contribution in [0.15, 0.2) is 48.5 Å². The number of benzene rings is 2. The van der Waals surface area contributed by atoms with Gasteiger partial charge in [-0.2, -0.15) is 0 Å². The van der Waals surface area contributed by atoms with E-state index in [9.17, 15) is 8.42 Å². The Bertz CT molecular complexity index is 750. The van der Waals surface area contributed by atoms with E-state index in [2.05, 4.69) is 0 Å². The Morgan fingerprint density at radius 1 is 1.05 bits per heavy atom. The molecule has 2 N–H and O–H groups in total. The molecule has 2 aromatic rings. The quantitative estimate of drug-likeness (QED) is 0.861. The van der Waals surface area contributed by atoms with Crippen LogP contribution in [0, 0.1) is 6.92 Å². The highest BCUT2D eigenvalue weighted by Crippen LogP contribution is 2.14. The Morgan fingerprint density at radius 3 is 2.29 bits per heavy atom. The number of sulfone groups is 1. The van der Waals surface area contributed by atoms with Gasteiger partial charge in [0.1, 0.15) is 4.99 Å². The topological polar surface area (TPSA) is 60.2 Å². The summed E-state index contributed by atoms with van der Waals surface area (Å²) >= 11 is 4.91. The molecule has 0 aliphatic rings. The lowest BCUT2D eigenvalue weighted by Gasteiger charge is -2.07. The van der Waals surface area contributed by atoms with E-state index in [4.69, 9.17) is 18.0 Å². The van der Waals surface area contributed by atoms with Gasteiger partial charge in [-0.25, -0.2) is 8.42 Å². The van der Waals surface area contributed by atoms with Crippen LogP contribution in [-0.2, 0) is 21.3 Å². The Balaban J connectivity index is 2.15. The van der Waals surface area contributed by atoms with Gasteiger partial charge in [-0.15, -0.1) is 0 Å². The van der Waals surface area contributed by atoms with Gasteiger partial charge < -0.3 is 5.73 Å². The molecule has 0 saturated heterocycles. The molecule has 2 rings (SSSR count). The van der Waals surface area contributed by atoms with E-state index < -0.39 is 9.84 Å². The van der Waals surface area contributed by atoms with Crippen LogP contribution in [-0.4, -0.2) is 13.4 Å². The molecule has 21 heavy (non-hydrogen) atoms. The zero-order valence-corrected chi connectivity index (χ0v) is 13.4. The summed E-state index contributed by atoms with van der Waals surface area (Å²) in [5.41, 5.74) is 8.86. The minimum absolute atomic E-state index is 0.0165. The minimum Gasteiger partial charge on any atom is -0.389 e. The van der Waals surface area contributed by atoms with E-state index in [1.54, 1.807) is 24.3 Å². The molecule has 0 amide bonds. The fraction of sp³-hybridized carbons (Fsp3) is 0.188. The predicted octanol–water partition coefficient (Wildman–Crippen LogP) is 2.74. The van der Waals surface area contributed by atoms with Crippen LogP contribution in [0.4, 0.5) is 0 Å². The summed E-state index contributed by atoms with van der Waals surface area (Å²) in [4.78, 5) is 0.271. The molecular formula is C16H17NO2S2. The molecule has 0 aromatic heterocycles. The van der Waals surface area contributed by atoms with Crippen molar-refractivity contribution in [1.29, 1.82) is 0 Å². The third-order valence-electron chi connectivity index (χ3n) is 3.11. The van der Waals surface area contributed by atoms with Crippen LogP contribution in [0.25, 0.3) is 0 Å². The van der Waals surface area contributed by atoms with Gasteiger partial charge in [-0.3, -0.25) is 0 Å². The van der Waals surface area contributed by atoms with Crippen LogP contribution in [0.2, 0.25) is 0 Å². The van der Waals surface area contributed by atoms with Crippen LogP contribution in [0.3, 0.4) is 0 Å². The van der Waals surface area contributed by atoms with Crippen molar-refractivity contribution in [3.05, 3.63) is 70.8 Å². The molecule has 0 saturated carbocycles. The Kier molecular flexibility index (Phi) is 4.75. The van der Waals surface area contributed by atoms with Crippen molar-refractivity contribution in [3.63, 3.8) is 0 Å². The summed E-state index contributed by atoms with van der Waals surface area (Å²) < 4.78 is 24.5. The highest BCUT2D eigenvalue weighted by Gasteiger charge is 2.13. The Labute approximate surface area is 130 Å².